The molecule has 0 amide bonds. The molecule has 32 heavy (non-hydrogen) atoms. The Hall–Kier alpha value is -1.85. The van der Waals surface area contributed by atoms with Crippen LogP contribution in [0.3, 0.4) is 0 Å². The number of sulfone groups is 1. The van der Waals surface area contributed by atoms with E-state index in [0.29, 0.717) is 37.0 Å². The van der Waals surface area contributed by atoms with Crippen molar-refractivity contribution in [3.05, 3.63) is 59.7 Å². The number of nitrogens with one attached hydrogen (secondary N) is 2. The molecule has 0 aliphatic carbocycles. The zero-order chi connectivity index (χ0) is 22.1. The largest absolute Gasteiger partial charge is 0.488 e. The lowest BCUT2D eigenvalue weighted by molar-refractivity contribution is 0.140. The molecule has 2 aromatic rings. The molecule has 0 saturated carbocycles. The summed E-state index contributed by atoms with van der Waals surface area (Å²) in [6.45, 7) is 4.45. The Kier molecular flexibility index (Phi) is 10.7. The van der Waals surface area contributed by atoms with E-state index in [0.717, 1.165) is 29.9 Å². The summed E-state index contributed by atoms with van der Waals surface area (Å²) in [6, 6.07) is 14.7. The molecule has 0 radical (unpaired) electrons. The van der Waals surface area contributed by atoms with Gasteiger partial charge in [0.25, 0.3) is 0 Å². The monoisotopic (exact) mass is 573 g/mol. The van der Waals surface area contributed by atoms with E-state index in [1.54, 1.807) is 31.3 Å². The third kappa shape index (κ3) is 7.93. The van der Waals surface area contributed by atoms with Crippen molar-refractivity contribution in [1.82, 2.24) is 10.6 Å². The van der Waals surface area contributed by atoms with Gasteiger partial charge in [-0.2, -0.15) is 0 Å². The Labute approximate surface area is 207 Å². The molecule has 1 aliphatic rings. The van der Waals surface area contributed by atoms with Crippen molar-refractivity contribution in [2.75, 3.05) is 32.6 Å². The lowest BCUT2D eigenvalue weighted by Crippen LogP contribution is -2.37. The van der Waals surface area contributed by atoms with E-state index in [1.807, 2.05) is 25.1 Å². The molecular weight excluding hydrogens is 541 g/mol. The van der Waals surface area contributed by atoms with Gasteiger partial charge in [-0.3, -0.25) is 4.99 Å². The zero-order valence-corrected chi connectivity index (χ0v) is 21.7. The van der Waals surface area contributed by atoms with Gasteiger partial charge in [-0.1, -0.05) is 30.3 Å². The fraction of sp³-hybridized carbons (Fsp3) is 0.435. The van der Waals surface area contributed by atoms with Crippen molar-refractivity contribution in [2.45, 2.75) is 37.3 Å². The predicted octanol–water partition coefficient (Wildman–Crippen LogP) is 3.31. The fourth-order valence-electron chi connectivity index (χ4n) is 3.32. The topological polar surface area (TPSA) is 89.0 Å². The second-order valence-electron chi connectivity index (χ2n) is 7.55. The van der Waals surface area contributed by atoms with Crippen LogP contribution in [0.1, 0.15) is 24.0 Å². The van der Waals surface area contributed by atoms with Crippen LogP contribution in [0.4, 0.5) is 0 Å². The molecule has 1 saturated heterocycles. The van der Waals surface area contributed by atoms with Gasteiger partial charge in [-0.05, 0) is 37.1 Å². The molecule has 1 heterocycles. The van der Waals surface area contributed by atoms with Crippen LogP contribution in [0.2, 0.25) is 0 Å². The van der Waals surface area contributed by atoms with Gasteiger partial charge in [0.05, 0.1) is 23.9 Å². The highest BCUT2D eigenvalue weighted by Gasteiger charge is 2.19. The SMILES string of the molecule is CN=C(NCCCS(=O)(=O)c1ccccc1)NCc1ccc(C)cc1OC1CCOC1.I. The number of halogens is 1. The lowest BCUT2D eigenvalue weighted by Gasteiger charge is -2.18. The summed E-state index contributed by atoms with van der Waals surface area (Å²) in [5, 5.41) is 6.46. The summed E-state index contributed by atoms with van der Waals surface area (Å²) in [6.07, 6.45) is 1.47. The summed E-state index contributed by atoms with van der Waals surface area (Å²) in [7, 11) is -1.58. The van der Waals surface area contributed by atoms with Crippen molar-refractivity contribution in [1.29, 1.82) is 0 Å². The molecule has 9 heteroatoms. The van der Waals surface area contributed by atoms with Crippen LogP contribution in [-0.4, -0.2) is 53.0 Å². The van der Waals surface area contributed by atoms with Crippen molar-refractivity contribution in [3.8, 4) is 5.75 Å². The Morgan fingerprint density at radius 3 is 2.66 bits per heavy atom. The van der Waals surface area contributed by atoms with Crippen molar-refractivity contribution >= 4 is 39.8 Å². The van der Waals surface area contributed by atoms with Crippen LogP contribution >= 0.6 is 24.0 Å². The number of aryl methyl sites for hydroxylation is 1. The second kappa shape index (κ2) is 13.0. The highest BCUT2D eigenvalue weighted by Crippen LogP contribution is 2.23. The molecular formula is C23H32IN3O4S. The average Bonchev–Trinajstić information content (AvgIpc) is 3.28. The fourth-order valence-corrected chi connectivity index (χ4v) is 4.65. The first-order valence-electron chi connectivity index (χ1n) is 10.5. The van der Waals surface area contributed by atoms with Crippen molar-refractivity contribution in [2.24, 2.45) is 4.99 Å². The molecule has 7 nitrogen and oxygen atoms in total. The highest BCUT2D eigenvalue weighted by molar-refractivity contribution is 14.0. The quantitative estimate of drug-likeness (QED) is 0.207. The Morgan fingerprint density at radius 1 is 1.19 bits per heavy atom. The number of guanidine groups is 1. The molecule has 1 atom stereocenters. The van der Waals surface area contributed by atoms with Gasteiger partial charge in [-0.15, -0.1) is 24.0 Å². The van der Waals surface area contributed by atoms with E-state index in [2.05, 4.69) is 21.7 Å². The van der Waals surface area contributed by atoms with Crippen LogP contribution in [0, 0.1) is 6.92 Å². The highest BCUT2D eigenvalue weighted by atomic mass is 127. The number of benzene rings is 2. The maximum absolute atomic E-state index is 12.4. The molecule has 1 aliphatic heterocycles. The molecule has 0 aromatic heterocycles. The minimum absolute atomic E-state index is 0. The number of hydrogen-bond acceptors (Lipinski definition) is 5. The van der Waals surface area contributed by atoms with Crippen LogP contribution in [0.15, 0.2) is 58.4 Å². The maximum atomic E-state index is 12.4. The first kappa shape index (κ1) is 26.4. The number of nitrogens with zero attached hydrogens (tertiary/aromatic N) is 1. The predicted molar refractivity (Wildman–Crippen MR) is 138 cm³/mol. The summed E-state index contributed by atoms with van der Waals surface area (Å²) >= 11 is 0. The molecule has 176 valence electrons. The van der Waals surface area contributed by atoms with E-state index in [-0.39, 0.29) is 35.8 Å². The first-order chi connectivity index (χ1) is 15.0. The van der Waals surface area contributed by atoms with E-state index in [4.69, 9.17) is 9.47 Å². The van der Waals surface area contributed by atoms with Crippen molar-refractivity contribution < 1.29 is 17.9 Å². The Morgan fingerprint density at radius 2 is 1.97 bits per heavy atom. The normalized spacial score (nSPS) is 16.3. The van der Waals surface area contributed by atoms with Gasteiger partial charge >= 0.3 is 0 Å². The van der Waals surface area contributed by atoms with Crippen LogP contribution in [0.5, 0.6) is 5.75 Å². The maximum Gasteiger partial charge on any atom is 0.191 e. The minimum atomic E-state index is -3.27. The molecule has 0 bridgehead atoms. The van der Waals surface area contributed by atoms with Crippen molar-refractivity contribution in [3.63, 3.8) is 0 Å². The zero-order valence-electron chi connectivity index (χ0n) is 18.5. The lowest BCUT2D eigenvalue weighted by atomic mass is 10.1. The molecule has 2 N–H and O–H groups in total. The number of aliphatic imine (C=N–C) groups is 1. The van der Waals surface area contributed by atoms with Crippen LogP contribution in [0.25, 0.3) is 0 Å². The molecule has 3 rings (SSSR count). The summed E-state index contributed by atoms with van der Waals surface area (Å²) < 4.78 is 36.3. The minimum Gasteiger partial charge on any atom is -0.488 e. The van der Waals surface area contributed by atoms with E-state index in [9.17, 15) is 8.42 Å². The van der Waals surface area contributed by atoms with E-state index in [1.165, 1.54) is 0 Å². The smallest absolute Gasteiger partial charge is 0.191 e. The standard InChI is InChI=1S/C23H31N3O4S.HI/c1-18-9-10-19(22(15-18)30-20-11-13-29-17-20)16-26-23(24-2)25-12-6-14-31(27,28)21-7-4-3-5-8-21;/h3-5,7-10,15,20H,6,11-14,16-17H2,1-2H3,(H2,24,25,26);1H. The molecule has 1 unspecified atom stereocenters. The molecule has 2 aromatic carbocycles. The van der Waals surface area contributed by atoms with Crippen LogP contribution < -0.4 is 15.4 Å². The molecule has 0 spiro atoms. The van der Waals surface area contributed by atoms with Gasteiger partial charge < -0.3 is 20.1 Å². The van der Waals surface area contributed by atoms with E-state index < -0.39 is 9.84 Å². The third-order valence-corrected chi connectivity index (χ3v) is 6.88. The third-order valence-electron chi connectivity index (χ3n) is 5.06. The summed E-state index contributed by atoms with van der Waals surface area (Å²) in [4.78, 5) is 4.59. The number of rotatable bonds is 9. The van der Waals surface area contributed by atoms with Gasteiger partial charge in [0.1, 0.15) is 11.9 Å². The average molecular weight is 573 g/mol. The van der Waals surface area contributed by atoms with Gasteiger partial charge in [0.15, 0.2) is 15.8 Å². The summed E-state index contributed by atoms with van der Waals surface area (Å²) in [5.41, 5.74) is 2.17. The van der Waals surface area contributed by atoms with Gasteiger partial charge in [0, 0.05) is 32.1 Å². The Bertz CT molecular complexity index is 978. The van der Waals surface area contributed by atoms with E-state index >= 15 is 0 Å². The second-order valence-corrected chi connectivity index (χ2v) is 9.66. The van der Waals surface area contributed by atoms with Crippen LogP contribution in [-0.2, 0) is 21.1 Å². The molecule has 1 fully saturated rings. The summed E-state index contributed by atoms with van der Waals surface area (Å²) in [5.74, 6) is 1.56. The number of ether oxygens (including phenoxy) is 2. The van der Waals surface area contributed by atoms with Gasteiger partial charge in [0.2, 0.25) is 0 Å². The van der Waals surface area contributed by atoms with Gasteiger partial charge in [-0.25, -0.2) is 8.42 Å². The first-order valence-corrected chi connectivity index (χ1v) is 12.2. The Balaban J connectivity index is 0.00000363. The number of hydrogen-bond donors (Lipinski definition) is 2.